The zero-order chi connectivity index (χ0) is 16.2. The number of hydrogen-bond donors (Lipinski definition) is 1. The third kappa shape index (κ3) is 8.98. The molecule has 0 aromatic heterocycles. The Bertz CT molecular complexity index is 362. The molecule has 22 heavy (non-hydrogen) atoms. The van der Waals surface area contributed by atoms with Crippen LogP contribution in [0, 0.1) is 0 Å². The fourth-order valence-electron chi connectivity index (χ4n) is 2.57. The highest BCUT2D eigenvalue weighted by molar-refractivity contribution is 5.95. The quantitative estimate of drug-likeness (QED) is 0.295. The molecule has 0 spiro atoms. The maximum Gasteiger partial charge on any atom is 0.303 e. The third-order valence-electron chi connectivity index (χ3n) is 4.00. The smallest absolute Gasteiger partial charge is 0.303 e. The molecule has 1 aliphatic rings. The lowest BCUT2D eigenvalue weighted by Gasteiger charge is -1.98. The number of carboxylic acids is 1. The molecule has 0 amide bonds. The summed E-state index contributed by atoms with van der Waals surface area (Å²) in [4.78, 5) is 22.2. The number of aliphatic carboxylic acids is 1. The zero-order valence-corrected chi connectivity index (χ0v) is 13.8. The minimum atomic E-state index is -0.713. The second kappa shape index (κ2) is 11.4. The molecule has 1 N–H and O–H groups in total. The Labute approximate surface area is 133 Å². The van der Waals surface area contributed by atoms with E-state index in [9.17, 15) is 9.59 Å². The topological polar surface area (TPSA) is 66.9 Å². The molecule has 2 atom stereocenters. The summed E-state index contributed by atoms with van der Waals surface area (Å²) in [6.07, 6.45) is 14.3. The lowest BCUT2D eigenvalue weighted by Crippen LogP contribution is -2.06. The van der Waals surface area contributed by atoms with Crippen LogP contribution >= 0.6 is 0 Å². The van der Waals surface area contributed by atoms with Crippen LogP contribution in [0.4, 0.5) is 0 Å². The van der Waals surface area contributed by atoms with Gasteiger partial charge in [-0.3, -0.25) is 9.59 Å². The van der Waals surface area contributed by atoms with Crippen LogP contribution in [0.15, 0.2) is 12.2 Å². The molecule has 1 rings (SSSR count). The molecule has 0 radical (unpaired) electrons. The fraction of sp³-hybridized carbons (Fsp3) is 0.778. The number of ether oxygens (including phenoxy) is 1. The molecule has 0 unspecified atom stereocenters. The minimum absolute atomic E-state index is 0.114. The van der Waals surface area contributed by atoms with Crippen LogP contribution in [0.25, 0.3) is 0 Å². The largest absolute Gasteiger partial charge is 0.481 e. The van der Waals surface area contributed by atoms with Crippen LogP contribution in [0.2, 0.25) is 0 Å². The van der Waals surface area contributed by atoms with Gasteiger partial charge in [-0.05, 0) is 31.8 Å². The van der Waals surface area contributed by atoms with E-state index in [1.807, 2.05) is 6.08 Å². The van der Waals surface area contributed by atoms with Crippen molar-refractivity contribution in [2.75, 3.05) is 0 Å². The Balaban J connectivity index is 1.95. The molecule has 1 heterocycles. The van der Waals surface area contributed by atoms with Crippen molar-refractivity contribution in [1.82, 2.24) is 0 Å². The number of unbranched alkanes of at least 4 members (excludes halogenated alkanes) is 7. The first-order valence-corrected chi connectivity index (χ1v) is 8.72. The van der Waals surface area contributed by atoms with E-state index in [4.69, 9.17) is 9.84 Å². The number of ketones is 1. The monoisotopic (exact) mass is 310 g/mol. The molecule has 126 valence electrons. The molecule has 0 aromatic rings. The SMILES string of the molecule is CCCCC/C=C/C(=O)[C@@H]1O[C@H]1CCCCCCCC(=O)O. The van der Waals surface area contributed by atoms with Crippen molar-refractivity contribution in [1.29, 1.82) is 0 Å². The summed E-state index contributed by atoms with van der Waals surface area (Å²) in [5.41, 5.74) is 0. The summed E-state index contributed by atoms with van der Waals surface area (Å²) in [6, 6.07) is 0. The van der Waals surface area contributed by atoms with E-state index in [1.165, 1.54) is 12.8 Å². The number of carboxylic acid groups (broad SMARTS) is 1. The van der Waals surface area contributed by atoms with Gasteiger partial charge >= 0.3 is 5.97 Å². The van der Waals surface area contributed by atoms with Crippen molar-refractivity contribution in [3.8, 4) is 0 Å². The first-order chi connectivity index (χ1) is 10.6. The summed E-state index contributed by atoms with van der Waals surface area (Å²) in [5.74, 6) is -0.599. The molecule has 1 fully saturated rings. The number of hydrogen-bond acceptors (Lipinski definition) is 3. The molecular formula is C18H30O4. The zero-order valence-electron chi connectivity index (χ0n) is 13.8. The van der Waals surface area contributed by atoms with Crippen LogP contribution in [-0.4, -0.2) is 29.1 Å². The lowest BCUT2D eigenvalue weighted by atomic mass is 10.1. The van der Waals surface area contributed by atoms with Gasteiger partial charge in [-0.1, -0.05) is 51.5 Å². The van der Waals surface area contributed by atoms with Gasteiger partial charge in [0.25, 0.3) is 0 Å². The van der Waals surface area contributed by atoms with E-state index in [-0.39, 0.29) is 24.4 Å². The maximum atomic E-state index is 11.8. The highest BCUT2D eigenvalue weighted by atomic mass is 16.6. The molecule has 1 aliphatic heterocycles. The standard InChI is InChI=1S/C18H30O4/c1-2-3-4-6-9-12-15(19)18-16(22-18)13-10-7-5-8-11-14-17(20)21/h9,12,16,18H,2-8,10-11,13-14H2,1H3,(H,20,21)/b12-9+/t16-,18-/m0/s1. The van der Waals surface area contributed by atoms with E-state index < -0.39 is 5.97 Å². The molecule has 0 saturated carbocycles. The Morgan fingerprint density at radius 3 is 2.50 bits per heavy atom. The summed E-state index contributed by atoms with van der Waals surface area (Å²) in [6.45, 7) is 2.17. The molecule has 4 heteroatoms. The van der Waals surface area contributed by atoms with Crippen molar-refractivity contribution < 1.29 is 19.4 Å². The van der Waals surface area contributed by atoms with E-state index in [1.54, 1.807) is 6.08 Å². The fourth-order valence-corrected chi connectivity index (χ4v) is 2.57. The van der Waals surface area contributed by atoms with Gasteiger partial charge in [0.05, 0.1) is 6.10 Å². The van der Waals surface area contributed by atoms with E-state index in [2.05, 4.69) is 6.92 Å². The average molecular weight is 310 g/mol. The molecule has 0 bridgehead atoms. The first-order valence-electron chi connectivity index (χ1n) is 8.72. The second-order valence-electron chi connectivity index (χ2n) is 6.10. The normalized spacial score (nSPS) is 20.4. The van der Waals surface area contributed by atoms with Crippen molar-refractivity contribution in [2.45, 2.75) is 89.8 Å². The molecular weight excluding hydrogens is 280 g/mol. The van der Waals surface area contributed by atoms with Gasteiger partial charge < -0.3 is 9.84 Å². The van der Waals surface area contributed by atoms with Crippen LogP contribution in [-0.2, 0) is 14.3 Å². The summed E-state index contributed by atoms with van der Waals surface area (Å²) >= 11 is 0. The summed E-state index contributed by atoms with van der Waals surface area (Å²) in [7, 11) is 0. The van der Waals surface area contributed by atoms with Crippen LogP contribution in [0.3, 0.4) is 0 Å². The Morgan fingerprint density at radius 2 is 1.77 bits per heavy atom. The number of allylic oxidation sites excluding steroid dienone is 1. The van der Waals surface area contributed by atoms with Crippen LogP contribution in [0.1, 0.15) is 77.6 Å². The van der Waals surface area contributed by atoms with Gasteiger partial charge in [-0.2, -0.15) is 0 Å². The van der Waals surface area contributed by atoms with Crippen molar-refractivity contribution in [2.24, 2.45) is 0 Å². The van der Waals surface area contributed by atoms with Gasteiger partial charge in [0.1, 0.15) is 6.10 Å². The van der Waals surface area contributed by atoms with Gasteiger partial charge in [0, 0.05) is 6.42 Å². The average Bonchev–Trinajstić information content (AvgIpc) is 3.25. The van der Waals surface area contributed by atoms with E-state index in [0.29, 0.717) is 0 Å². The van der Waals surface area contributed by atoms with Gasteiger partial charge in [0.2, 0.25) is 0 Å². The Hall–Kier alpha value is -1.16. The Kier molecular flexibility index (Phi) is 9.80. The molecule has 1 saturated heterocycles. The lowest BCUT2D eigenvalue weighted by molar-refractivity contribution is -0.137. The molecule has 0 aliphatic carbocycles. The molecule has 0 aromatic carbocycles. The number of rotatable bonds is 14. The number of epoxide rings is 1. The van der Waals surface area contributed by atoms with Crippen LogP contribution in [0.5, 0.6) is 0 Å². The van der Waals surface area contributed by atoms with Crippen molar-refractivity contribution >= 4 is 11.8 Å². The van der Waals surface area contributed by atoms with Gasteiger partial charge in [-0.25, -0.2) is 0 Å². The maximum absolute atomic E-state index is 11.8. The predicted octanol–water partition coefficient (Wildman–Crippen LogP) is 4.27. The minimum Gasteiger partial charge on any atom is -0.481 e. The second-order valence-corrected chi connectivity index (χ2v) is 6.10. The van der Waals surface area contributed by atoms with Crippen molar-refractivity contribution in [3.05, 3.63) is 12.2 Å². The summed E-state index contributed by atoms with van der Waals surface area (Å²) in [5, 5.41) is 8.53. The highest BCUT2D eigenvalue weighted by Gasteiger charge is 2.42. The summed E-state index contributed by atoms with van der Waals surface area (Å²) < 4.78 is 5.44. The van der Waals surface area contributed by atoms with Crippen molar-refractivity contribution in [3.63, 3.8) is 0 Å². The van der Waals surface area contributed by atoms with Gasteiger partial charge in [-0.15, -0.1) is 0 Å². The van der Waals surface area contributed by atoms with E-state index in [0.717, 1.165) is 51.4 Å². The van der Waals surface area contributed by atoms with Gasteiger partial charge in [0.15, 0.2) is 5.78 Å². The van der Waals surface area contributed by atoms with Crippen LogP contribution < -0.4 is 0 Å². The Morgan fingerprint density at radius 1 is 1.05 bits per heavy atom. The highest BCUT2D eigenvalue weighted by Crippen LogP contribution is 2.28. The number of carbonyl (C=O) groups excluding carboxylic acids is 1. The first kappa shape index (κ1) is 18.9. The number of carbonyl (C=O) groups is 2. The molecule has 4 nitrogen and oxygen atoms in total. The third-order valence-corrected chi connectivity index (χ3v) is 4.00. The van der Waals surface area contributed by atoms with E-state index >= 15 is 0 Å². The predicted molar refractivity (Wildman–Crippen MR) is 86.9 cm³/mol.